The summed E-state index contributed by atoms with van der Waals surface area (Å²) in [5.41, 5.74) is 1.20. The lowest BCUT2D eigenvalue weighted by Gasteiger charge is -2.38. The number of ether oxygens (including phenoxy) is 2. The molecule has 4 rings (SSSR count). The molecule has 3 fully saturated rings. The number of cyclic esters (lactones) is 1. The van der Waals surface area contributed by atoms with Crippen molar-refractivity contribution < 1.29 is 14.3 Å². The van der Waals surface area contributed by atoms with Crippen molar-refractivity contribution in [3.8, 4) is 5.75 Å². The van der Waals surface area contributed by atoms with Crippen LogP contribution in [0.5, 0.6) is 5.75 Å². The molecule has 5 nitrogen and oxygen atoms in total. The van der Waals surface area contributed by atoms with Crippen LogP contribution in [0.3, 0.4) is 0 Å². The third kappa shape index (κ3) is 5.79. The fourth-order valence-electron chi connectivity index (χ4n) is 4.60. The predicted octanol–water partition coefficient (Wildman–Crippen LogP) is 4.47. The van der Waals surface area contributed by atoms with Gasteiger partial charge in [-0.3, -0.25) is 0 Å². The van der Waals surface area contributed by atoms with Crippen molar-refractivity contribution in [3.63, 3.8) is 0 Å². The topological polar surface area (TPSA) is 42.0 Å². The summed E-state index contributed by atoms with van der Waals surface area (Å²) in [6.45, 7) is 8.24. The molecule has 3 aliphatic rings. The molecule has 0 aromatic heterocycles. The molecule has 1 aromatic carbocycles. The number of rotatable bonds is 8. The molecule has 1 saturated carbocycles. The van der Waals surface area contributed by atoms with Crippen LogP contribution in [0.2, 0.25) is 5.02 Å². The predicted molar refractivity (Wildman–Crippen MR) is 115 cm³/mol. The van der Waals surface area contributed by atoms with Crippen LogP contribution in [0.25, 0.3) is 0 Å². The van der Waals surface area contributed by atoms with Gasteiger partial charge in [0.15, 0.2) is 0 Å². The SMILES string of the molecule is CCOc1ccc(Cl)c(CC2CCN(CC3COC(=O)N(CC4CC4)C3)CC2)c1. The van der Waals surface area contributed by atoms with Crippen molar-refractivity contribution in [2.75, 3.05) is 45.9 Å². The van der Waals surface area contributed by atoms with Gasteiger partial charge in [0.25, 0.3) is 0 Å². The second-order valence-corrected chi connectivity index (χ2v) is 9.33. The van der Waals surface area contributed by atoms with E-state index in [4.69, 9.17) is 21.1 Å². The zero-order valence-corrected chi connectivity index (χ0v) is 18.2. The second-order valence-electron chi connectivity index (χ2n) is 8.93. The van der Waals surface area contributed by atoms with Gasteiger partial charge in [-0.2, -0.15) is 0 Å². The highest BCUT2D eigenvalue weighted by atomic mass is 35.5. The summed E-state index contributed by atoms with van der Waals surface area (Å²) >= 11 is 6.43. The van der Waals surface area contributed by atoms with Gasteiger partial charge in [0.2, 0.25) is 0 Å². The average molecular weight is 421 g/mol. The van der Waals surface area contributed by atoms with Gasteiger partial charge in [-0.25, -0.2) is 4.79 Å². The van der Waals surface area contributed by atoms with Gasteiger partial charge in [-0.1, -0.05) is 11.6 Å². The number of piperidine rings is 1. The molecule has 1 atom stereocenters. The summed E-state index contributed by atoms with van der Waals surface area (Å²) in [5.74, 6) is 2.72. The van der Waals surface area contributed by atoms with Gasteiger partial charge in [0.05, 0.1) is 13.2 Å². The third-order valence-electron chi connectivity index (χ3n) is 6.42. The van der Waals surface area contributed by atoms with Gasteiger partial charge in [-0.15, -0.1) is 0 Å². The van der Waals surface area contributed by atoms with Gasteiger partial charge in [0, 0.05) is 30.6 Å². The molecule has 6 heteroatoms. The highest BCUT2D eigenvalue weighted by Gasteiger charge is 2.33. The molecular weight excluding hydrogens is 388 g/mol. The summed E-state index contributed by atoms with van der Waals surface area (Å²) in [6.07, 6.45) is 5.81. The van der Waals surface area contributed by atoms with Crippen LogP contribution in [0, 0.1) is 17.8 Å². The molecule has 2 heterocycles. The smallest absolute Gasteiger partial charge is 0.409 e. The lowest BCUT2D eigenvalue weighted by atomic mass is 9.89. The van der Waals surface area contributed by atoms with Gasteiger partial charge < -0.3 is 19.3 Å². The van der Waals surface area contributed by atoms with E-state index in [0.717, 1.165) is 49.9 Å². The Bertz CT molecular complexity index is 701. The standard InChI is InChI=1S/C23H33ClN2O3/c1-2-28-21-5-6-22(24)20(12-21)11-17-7-9-25(10-8-17)13-19-15-26(14-18-3-4-18)23(27)29-16-19/h5-6,12,17-19H,2-4,7-11,13-16H2,1H3. The van der Waals surface area contributed by atoms with Crippen LogP contribution < -0.4 is 4.74 Å². The normalized spacial score (nSPS) is 23.9. The molecule has 0 radical (unpaired) electrons. The van der Waals surface area contributed by atoms with E-state index in [1.54, 1.807) is 0 Å². The van der Waals surface area contributed by atoms with Crippen molar-refractivity contribution in [1.29, 1.82) is 0 Å². The van der Waals surface area contributed by atoms with E-state index in [-0.39, 0.29) is 6.09 Å². The number of likely N-dealkylation sites (tertiary alicyclic amines) is 1. The van der Waals surface area contributed by atoms with E-state index in [1.807, 2.05) is 24.0 Å². The number of halogens is 1. The summed E-state index contributed by atoms with van der Waals surface area (Å²) in [7, 11) is 0. The van der Waals surface area contributed by atoms with Crippen LogP contribution in [-0.2, 0) is 11.2 Å². The Balaban J connectivity index is 1.23. The van der Waals surface area contributed by atoms with E-state index < -0.39 is 0 Å². The Kier molecular flexibility index (Phi) is 6.86. The first-order valence-corrected chi connectivity index (χ1v) is 11.5. The minimum atomic E-state index is -0.113. The number of amides is 1. The van der Waals surface area contributed by atoms with E-state index in [2.05, 4.69) is 11.0 Å². The summed E-state index contributed by atoms with van der Waals surface area (Å²) in [6, 6.07) is 6.00. The molecule has 2 saturated heterocycles. The average Bonchev–Trinajstić information content (AvgIpc) is 3.53. The van der Waals surface area contributed by atoms with E-state index in [0.29, 0.717) is 31.0 Å². The summed E-state index contributed by atoms with van der Waals surface area (Å²) in [4.78, 5) is 16.5. The Morgan fingerprint density at radius 3 is 2.62 bits per heavy atom. The molecule has 1 amide bonds. The maximum absolute atomic E-state index is 12.0. The van der Waals surface area contributed by atoms with E-state index >= 15 is 0 Å². The van der Waals surface area contributed by atoms with Gasteiger partial charge in [-0.05, 0) is 87.7 Å². The highest BCUT2D eigenvalue weighted by molar-refractivity contribution is 6.31. The molecule has 0 spiro atoms. The largest absolute Gasteiger partial charge is 0.494 e. The molecule has 29 heavy (non-hydrogen) atoms. The van der Waals surface area contributed by atoms with Crippen LogP contribution in [0.4, 0.5) is 4.79 Å². The number of carbonyl (C=O) groups excluding carboxylic acids is 1. The zero-order chi connectivity index (χ0) is 20.2. The molecular formula is C23H33ClN2O3. The molecule has 0 bridgehead atoms. The number of carbonyl (C=O) groups is 1. The Hall–Kier alpha value is -1.46. The number of nitrogens with zero attached hydrogens (tertiary/aromatic N) is 2. The zero-order valence-electron chi connectivity index (χ0n) is 17.4. The lowest BCUT2D eigenvalue weighted by molar-refractivity contribution is 0.0254. The first-order chi connectivity index (χ1) is 14.1. The maximum Gasteiger partial charge on any atom is 0.409 e. The van der Waals surface area contributed by atoms with Crippen molar-refractivity contribution in [3.05, 3.63) is 28.8 Å². The summed E-state index contributed by atoms with van der Waals surface area (Å²) in [5, 5.41) is 0.843. The molecule has 160 valence electrons. The van der Waals surface area contributed by atoms with Crippen LogP contribution in [0.15, 0.2) is 18.2 Å². The Morgan fingerprint density at radius 1 is 1.10 bits per heavy atom. The molecule has 2 aliphatic heterocycles. The quantitative estimate of drug-likeness (QED) is 0.622. The molecule has 1 aromatic rings. The van der Waals surface area contributed by atoms with E-state index in [1.165, 1.54) is 31.2 Å². The third-order valence-corrected chi connectivity index (χ3v) is 6.78. The Labute approximate surface area is 179 Å². The first-order valence-electron chi connectivity index (χ1n) is 11.2. The first kappa shape index (κ1) is 20.8. The molecule has 1 unspecified atom stereocenters. The minimum Gasteiger partial charge on any atom is -0.494 e. The van der Waals surface area contributed by atoms with Gasteiger partial charge in [0.1, 0.15) is 5.75 Å². The van der Waals surface area contributed by atoms with Crippen molar-refractivity contribution in [1.82, 2.24) is 9.80 Å². The van der Waals surface area contributed by atoms with Crippen molar-refractivity contribution in [2.45, 2.75) is 39.0 Å². The monoisotopic (exact) mass is 420 g/mol. The summed E-state index contributed by atoms with van der Waals surface area (Å²) < 4.78 is 11.1. The molecule has 1 aliphatic carbocycles. The van der Waals surface area contributed by atoms with E-state index in [9.17, 15) is 4.79 Å². The van der Waals surface area contributed by atoms with Gasteiger partial charge >= 0.3 is 6.09 Å². The van der Waals surface area contributed by atoms with Crippen LogP contribution >= 0.6 is 11.6 Å². The van der Waals surface area contributed by atoms with Crippen LogP contribution in [0.1, 0.15) is 38.2 Å². The molecule has 0 N–H and O–H groups in total. The fourth-order valence-corrected chi connectivity index (χ4v) is 4.80. The van der Waals surface area contributed by atoms with Crippen molar-refractivity contribution >= 4 is 17.7 Å². The van der Waals surface area contributed by atoms with Crippen molar-refractivity contribution in [2.24, 2.45) is 17.8 Å². The lowest BCUT2D eigenvalue weighted by Crippen LogP contribution is -2.48. The fraction of sp³-hybridized carbons (Fsp3) is 0.696. The second kappa shape index (κ2) is 9.57. The number of hydrogen-bond acceptors (Lipinski definition) is 4. The minimum absolute atomic E-state index is 0.113. The van der Waals surface area contributed by atoms with Crippen LogP contribution in [-0.4, -0.2) is 61.8 Å². The Morgan fingerprint density at radius 2 is 1.90 bits per heavy atom. The maximum atomic E-state index is 12.0. The number of hydrogen-bond donors (Lipinski definition) is 0. The number of benzene rings is 1. The highest BCUT2D eigenvalue weighted by Crippen LogP contribution is 2.31.